The molecule has 2 aromatic carbocycles. The fraction of sp³-hybridized carbons (Fsp3) is 0.308. The van der Waals surface area contributed by atoms with E-state index in [9.17, 15) is 9.18 Å². The summed E-state index contributed by atoms with van der Waals surface area (Å²) in [5.74, 6) is 0.222. The van der Waals surface area contributed by atoms with Crippen molar-refractivity contribution in [1.82, 2.24) is 24.6 Å². The van der Waals surface area contributed by atoms with E-state index in [1.54, 1.807) is 36.4 Å². The van der Waals surface area contributed by atoms with Gasteiger partial charge in [0.25, 0.3) is 5.91 Å². The molecule has 4 aromatic rings. The topological polar surface area (TPSA) is 102 Å². The minimum absolute atomic E-state index is 0.0266. The average molecular weight is 556 g/mol. The molecule has 4 heterocycles. The summed E-state index contributed by atoms with van der Waals surface area (Å²) in [5.41, 5.74) is 8.06. The number of carbonyl (C=O) groups is 1. The van der Waals surface area contributed by atoms with Crippen LogP contribution in [0.25, 0.3) is 28.0 Å². The predicted octanol–water partition coefficient (Wildman–Crippen LogP) is 4.34. The Morgan fingerprint density at radius 2 is 1.84 bits per heavy atom. The second-order valence-corrected chi connectivity index (χ2v) is 10.1. The second-order valence-electron chi connectivity index (χ2n) is 9.26. The first-order chi connectivity index (χ1) is 18.4. The summed E-state index contributed by atoms with van der Waals surface area (Å²) in [6.45, 7) is 2.68. The Balaban J connectivity index is 1.39. The minimum Gasteiger partial charge on any atom is -0.383 e. The number of benzene rings is 2. The van der Waals surface area contributed by atoms with Gasteiger partial charge in [-0.05, 0) is 43.2 Å². The zero-order valence-electron chi connectivity index (χ0n) is 20.3. The van der Waals surface area contributed by atoms with Gasteiger partial charge in [-0.15, -0.1) is 5.10 Å². The molecule has 38 heavy (non-hydrogen) atoms. The minimum atomic E-state index is -0.438. The fourth-order valence-electron chi connectivity index (χ4n) is 4.91. The summed E-state index contributed by atoms with van der Waals surface area (Å²) >= 11 is 12.3. The SMILES string of the molecule is Nc1c2c(-c3ccccc3F)nc(N3CCN(C(=O)C4CCCO4)CC3)nc2nn1-c1ccc(Cl)c(Cl)c1. The van der Waals surface area contributed by atoms with Gasteiger partial charge < -0.3 is 20.3 Å². The first-order valence-corrected chi connectivity index (χ1v) is 13.1. The fourth-order valence-corrected chi connectivity index (χ4v) is 5.20. The first kappa shape index (κ1) is 24.8. The first-order valence-electron chi connectivity index (χ1n) is 12.3. The number of fused-ring (bicyclic) bond motifs is 1. The lowest BCUT2D eigenvalue weighted by Crippen LogP contribution is -2.51. The van der Waals surface area contributed by atoms with Crippen LogP contribution in [0, 0.1) is 5.82 Å². The van der Waals surface area contributed by atoms with Crippen LogP contribution in [-0.2, 0) is 9.53 Å². The highest BCUT2D eigenvalue weighted by Crippen LogP contribution is 2.35. The van der Waals surface area contributed by atoms with Crippen LogP contribution in [0.15, 0.2) is 42.5 Å². The van der Waals surface area contributed by atoms with E-state index in [-0.39, 0.29) is 23.4 Å². The molecule has 0 saturated carbocycles. The number of hydrogen-bond donors (Lipinski definition) is 1. The van der Waals surface area contributed by atoms with Gasteiger partial charge in [-0.3, -0.25) is 4.79 Å². The molecule has 1 unspecified atom stereocenters. The highest BCUT2D eigenvalue weighted by atomic mass is 35.5. The number of piperazine rings is 1. The Labute approximate surface area is 227 Å². The number of nitrogen functional groups attached to an aromatic ring is 1. The summed E-state index contributed by atoms with van der Waals surface area (Å²) in [6.07, 6.45) is 1.31. The van der Waals surface area contributed by atoms with E-state index >= 15 is 0 Å². The Morgan fingerprint density at radius 1 is 1.05 bits per heavy atom. The molecule has 6 rings (SSSR count). The normalized spacial score (nSPS) is 17.9. The van der Waals surface area contributed by atoms with E-state index in [0.29, 0.717) is 71.2 Å². The Kier molecular flexibility index (Phi) is 6.55. The number of rotatable bonds is 4. The van der Waals surface area contributed by atoms with Crippen molar-refractivity contribution in [1.29, 1.82) is 0 Å². The van der Waals surface area contributed by atoms with Gasteiger partial charge in [0.15, 0.2) is 5.65 Å². The summed E-state index contributed by atoms with van der Waals surface area (Å²) in [7, 11) is 0. The predicted molar refractivity (Wildman–Crippen MR) is 144 cm³/mol. The van der Waals surface area contributed by atoms with Gasteiger partial charge in [0.1, 0.15) is 17.7 Å². The van der Waals surface area contributed by atoms with Crippen molar-refractivity contribution in [2.24, 2.45) is 0 Å². The summed E-state index contributed by atoms with van der Waals surface area (Å²) < 4.78 is 22.1. The monoisotopic (exact) mass is 555 g/mol. The summed E-state index contributed by atoms with van der Waals surface area (Å²) in [6, 6.07) is 11.4. The third-order valence-corrected chi connectivity index (χ3v) is 7.65. The zero-order chi connectivity index (χ0) is 26.4. The van der Waals surface area contributed by atoms with Crippen LogP contribution in [-0.4, -0.2) is 69.4 Å². The molecule has 9 nitrogen and oxygen atoms in total. The lowest BCUT2D eigenvalue weighted by Gasteiger charge is -2.35. The molecule has 0 radical (unpaired) electrons. The molecule has 0 bridgehead atoms. The molecule has 1 atom stereocenters. The van der Waals surface area contributed by atoms with Crippen molar-refractivity contribution in [3.63, 3.8) is 0 Å². The standard InChI is InChI=1S/C26H24Cl2FN7O2/c27-17-8-7-15(14-18(17)28)36-23(30)21-22(16-4-1-2-5-19(16)29)31-26(32-24(21)33-36)35-11-9-34(10-12-35)25(37)20-6-3-13-38-20/h1-2,4-5,7-8,14,20H,3,6,9-13,30H2. The Bertz CT molecular complexity index is 1530. The van der Waals surface area contributed by atoms with Gasteiger partial charge in [0.2, 0.25) is 5.95 Å². The number of ether oxygens (including phenoxy) is 1. The van der Waals surface area contributed by atoms with E-state index in [2.05, 4.69) is 5.10 Å². The van der Waals surface area contributed by atoms with E-state index < -0.39 is 5.82 Å². The molecule has 1 amide bonds. The van der Waals surface area contributed by atoms with Crippen LogP contribution >= 0.6 is 23.2 Å². The van der Waals surface area contributed by atoms with Crippen molar-refractivity contribution < 1.29 is 13.9 Å². The lowest BCUT2D eigenvalue weighted by atomic mass is 10.1. The molecule has 2 aliphatic rings. The van der Waals surface area contributed by atoms with Crippen molar-refractivity contribution in [2.75, 3.05) is 43.4 Å². The number of amides is 1. The number of carbonyl (C=O) groups excluding carboxylic acids is 1. The summed E-state index contributed by atoms with van der Waals surface area (Å²) in [4.78, 5) is 26.0. The van der Waals surface area contributed by atoms with E-state index in [4.69, 9.17) is 43.6 Å². The molecule has 2 fully saturated rings. The molecular weight excluding hydrogens is 532 g/mol. The maximum absolute atomic E-state index is 15.0. The van der Waals surface area contributed by atoms with E-state index in [1.165, 1.54) is 10.7 Å². The third-order valence-electron chi connectivity index (χ3n) is 6.91. The highest BCUT2D eigenvalue weighted by Gasteiger charge is 2.31. The molecule has 2 N–H and O–H groups in total. The van der Waals surface area contributed by atoms with Crippen molar-refractivity contribution in [3.8, 4) is 16.9 Å². The number of anilines is 2. The zero-order valence-corrected chi connectivity index (χ0v) is 21.8. The van der Waals surface area contributed by atoms with Crippen LogP contribution in [0.3, 0.4) is 0 Å². The van der Waals surface area contributed by atoms with Gasteiger partial charge in [-0.25, -0.2) is 14.1 Å². The maximum Gasteiger partial charge on any atom is 0.251 e. The molecule has 2 aromatic heterocycles. The third kappa shape index (κ3) is 4.42. The molecule has 2 saturated heterocycles. The van der Waals surface area contributed by atoms with Crippen LogP contribution in [0.2, 0.25) is 10.0 Å². The molecule has 2 aliphatic heterocycles. The molecule has 0 spiro atoms. The number of nitrogens with two attached hydrogens (primary N) is 1. The largest absolute Gasteiger partial charge is 0.383 e. The Morgan fingerprint density at radius 3 is 2.55 bits per heavy atom. The quantitative estimate of drug-likeness (QED) is 0.399. The molecule has 196 valence electrons. The number of aromatic nitrogens is 4. The van der Waals surface area contributed by atoms with Crippen molar-refractivity contribution in [2.45, 2.75) is 18.9 Å². The van der Waals surface area contributed by atoms with Gasteiger partial charge in [-0.2, -0.15) is 4.98 Å². The molecular formula is C26H24Cl2FN7O2. The van der Waals surface area contributed by atoms with Gasteiger partial charge in [0.05, 0.1) is 26.8 Å². The summed E-state index contributed by atoms with van der Waals surface area (Å²) in [5, 5.41) is 5.80. The maximum atomic E-state index is 15.0. The number of hydrogen-bond acceptors (Lipinski definition) is 7. The molecule has 12 heteroatoms. The average Bonchev–Trinajstić information content (AvgIpc) is 3.58. The van der Waals surface area contributed by atoms with Crippen LogP contribution < -0.4 is 10.6 Å². The van der Waals surface area contributed by atoms with Gasteiger partial charge >= 0.3 is 0 Å². The smallest absolute Gasteiger partial charge is 0.251 e. The lowest BCUT2D eigenvalue weighted by molar-refractivity contribution is -0.141. The second kappa shape index (κ2) is 10.0. The molecule has 0 aliphatic carbocycles. The van der Waals surface area contributed by atoms with Crippen LogP contribution in [0.5, 0.6) is 0 Å². The van der Waals surface area contributed by atoms with Crippen molar-refractivity contribution >= 4 is 51.9 Å². The Hall–Kier alpha value is -3.47. The van der Waals surface area contributed by atoms with Crippen molar-refractivity contribution in [3.05, 3.63) is 58.3 Å². The van der Waals surface area contributed by atoms with Crippen LogP contribution in [0.1, 0.15) is 12.8 Å². The number of halogens is 3. The van der Waals surface area contributed by atoms with E-state index in [0.717, 1.165) is 12.8 Å². The van der Waals surface area contributed by atoms with E-state index in [1.807, 2.05) is 9.80 Å². The van der Waals surface area contributed by atoms with Gasteiger partial charge in [-0.1, -0.05) is 35.3 Å². The van der Waals surface area contributed by atoms with Crippen LogP contribution in [0.4, 0.5) is 16.2 Å². The number of nitrogens with zero attached hydrogens (tertiary/aromatic N) is 6. The highest BCUT2D eigenvalue weighted by molar-refractivity contribution is 6.42. The van der Waals surface area contributed by atoms with Gasteiger partial charge in [0, 0.05) is 38.3 Å².